The first-order chi connectivity index (χ1) is 12.6. The van der Waals surface area contributed by atoms with Gasteiger partial charge in [-0.3, -0.25) is 14.6 Å². The number of ether oxygens (including phenoxy) is 2. The molecule has 0 radical (unpaired) electrons. The van der Waals surface area contributed by atoms with Crippen molar-refractivity contribution in [1.82, 2.24) is 0 Å². The zero-order valence-electron chi connectivity index (χ0n) is 15.6. The molecule has 1 atom stereocenters. The molecule has 0 aliphatic carbocycles. The number of rotatable bonds is 11. The van der Waals surface area contributed by atoms with E-state index in [9.17, 15) is 19.7 Å². The lowest BCUT2D eigenvalue weighted by Gasteiger charge is -2.25. The minimum Gasteiger partial charge on any atom is -0.471 e. The lowest BCUT2D eigenvalue weighted by molar-refractivity contribution is -0.754. The molecule has 1 aromatic rings. The van der Waals surface area contributed by atoms with Crippen molar-refractivity contribution in [3.8, 4) is 5.75 Å². The molecule has 0 saturated heterocycles. The fourth-order valence-corrected chi connectivity index (χ4v) is 1.99. The number of aliphatic imine (C=N–C) groups is 1. The monoisotopic (exact) mass is 381 g/mol. The van der Waals surface area contributed by atoms with E-state index in [2.05, 4.69) is 15.1 Å². The molecule has 10 heteroatoms. The highest BCUT2D eigenvalue weighted by Gasteiger charge is 2.30. The smallest absolute Gasteiger partial charge is 0.294 e. The van der Waals surface area contributed by atoms with Crippen molar-refractivity contribution in [2.24, 2.45) is 4.99 Å². The van der Waals surface area contributed by atoms with Crippen molar-refractivity contribution in [3.63, 3.8) is 0 Å². The second-order valence-electron chi connectivity index (χ2n) is 6.06. The van der Waals surface area contributed by atoms with Gasteiger partial charge < -0.3 is 19.6 Å². The molecule has 1 rings (SSSR count). The van der Waals surface area contributed by atoms with Crippen LogP contribution in [0.25, 0.3) is 0 Å². The number of carbonyl (C=O) groups is 2. The van der Waals surface area contributed by atoms with Crippen molar-refractivity contribution in [3.05, 3.63) is 34.4 Å². The molecule has 0 fully saturated rings. The van der Waals surface area contributed by atoms with Gasteiger partial charge in [0, 0.05) is 18.8 Å². The summed E-state index contributed by atoms with van der Waals surface area (Å²) in [7, 11) is 0. The summed E-state index contributed by atoms with van der Waals surface area (Å²) < 4.78 is 11.0. The van der Waals surface area contributed by atoms with Crippen LogP contribution in [-0.2, 0) is 19.2 Å². The highest BCUT2D eigenvalue weighted by atomic mass is 16.9. The molecule has 1 N–H and O–H groups in total. The Kier molecular flexibility index (Phi) is 8.34. The van der Waals surface area contributed by atoms with Crippen LogP contribution in [0.5, 0.6) is 5.75 Å². The Balaban J connectivity index is 2.42. The van der Waals surface area contributed by atoms with Crippen LogP contribution < -0.4 is 10.1 Å². The number of hydrogen-bond acceptors (Lipinski definition) is 8. The molecule has 1 unspecified atom stereocenters. The van der Waals surface area contributed by atoms with Gasteiger partial charge in [-0.05, 0) is 45.0 Å². The van der Waals surface area contributed by atoms with Crippen molar-refractivity contribution < 1.29 is 29.0 Å². The first kappa shape index (κ1) is 22.0. The van der Waals surface area contributed by atoms with Crippen LogP contribution >= 0.6 is 0 Å². The fraction of sp³-hybridized carbons (Fsp3) is 0.471. The van der Waals surface area contributed by atoms with Crippen molar-refractivity contribution in [2.75, 3.05) is 18.7 Å². The molecule has 0 spiro atoms. The molecule has 1 amide bonds. The molecule has 0 aliphatic heterocycles. The van der Waals surface area contributed by atoms with E-state index in [0.29, 0.717) is 11.4 Å². The van der Waals surface area contributed by atoms with E-state index in [-0.39, 0.29) is 12.6 Å². The van der Waals surface area contributed by atoms with Gasteiger partial charge in [-0.2, -0.15) is 0 Å². The Labute approximate surface area is 156 Å². The van der Waals surface area contributed by atoms with Crippen molar-refractivity contribution >= 4 is 23.6 Å². The molecule has 27 heavy (non-hydrogen) atoms. The van der Waals surface area contributed by atoms with E-state index in [0.717, 1.165) is 0 Å². The summed E-state index contributed by atoms with van der Waals surface area (Å²) in [6, 6.07) is 6.79. The first-order valence-corrected chi connectivity index (χ1v) is 8.09. The van der Waals surface area contributed by atoms with Gasteiger partial charge in [-0.15, -0.1) is 10.1 Å². The molecule has 0 aromatic heterocycles. The van der Waals surface area contributed by atoms with Crippen molar-refractivity contribution in [1.29, 1.82) is 0 Å². The van der Waals surface area contributed by atoms with Gasteiger partial charge >= 0.3 is 0 Å². The second-order valence-corrected chi connectivity index (χ2v) is 6.06. The molecule has 0 heterocycles. The van der Waals surface area contributed by atoms with Gasteiger partial charge in [0.05, 0.1) is 6.10 Å². The number of nitrogens with one attached hydrogen (secondary N) is 1. The van der Waals surface area contributed by atoms with E-state index >= 15 is 0 Å². The van der Waals surface area contributed by atoms with Crippen LogP contribution in [0.2, 0.25) is 0 Å². The topological polar surface area (TPSA) is 129 Å². The molecular weight excluding hydrogens is 358 g/mol. The van der Waals surface area contributed by atoms with Gasteiger partial charge in [-0.1, -0.05) is 0 Å². The molecule has 0 aliphatic rings. The third kappa shape index (κ3) is 8.77. The van der Waals surface area contributed by atoms with E-state index in [1.54, 1.807) is 31.2 Å². The average Bonchev–Trinajstić information content (AvgIpc) is 2.57. The Bertz CT molecular complexity index is 686. The molecule has 0 bridgehead atoms. The molecule has 1 aromatic carbocycles. The maximum atomic E-state index is 11.9. The normalized spacial score (nSPS) is 12.4. The lowest BCUT2D eigenvalue weighted by Crippen LogP contribution is -2.41. The van der Waals surface area contributed by atoms with Gasteiger partial charge in [0.25, 0.3) is 5.09 Å². The first-order valence-electron chi connectivity index (χ1n) is 8.09. The zero-order valence-corrected chi connectivity index (χ0v) is 15.6. The van der Waals surface area contributed by atoms with Gasteiger partial charge in [0.2, 0.25) is 5.91 Å². The van der Waals surface area contributed by atoms with Crippen LogP contribution in [0.3, 0.4) is 0 Å². The van der Waals surface area contributed by atoms with E-state index in [4.69, 9.17) is 9.47 Å². The highest BCUT2D eigenvalue weighted by Crippen LogP contribution is 2.16. The summed E-state index contributed by atoms with van der Waals surface area (Å²) in [5.74, 6) is -0.147. The second kappa shape index (κ2) is 10.2. The maximum absolute atomic E-state index is 11.9. The third-order valence-electron chi connectivity index (χ3n) is 3.25. The van der Waals surface area contributed by atoms with Gasteiger partial charge in [0.15, 0.2) is 19.1 Å². The number of amides is 1. The van der Waals surface area contributed by atoms with E-state index < -0.39 is 29.2 Å². The van der Waals surface area contributed by atoms with Crippen molar-refractivity contribution in [2.45, 2.75) is 39.4 Å². The number of hydrogen-bond donors (Lipinski definition) is 1. The Hall–Kier alpha value is -3.01. The summed E-state index contributed by atoms with van der Waals surface area (Å²) in [6.45, 7) is 5.45. The Morgan fingerprint density at radius 2 is 1.96 bits per heavy atom. The number of carbonyl (C=O) groups excluding carboxylic acids is 2. The highest BCUT2D eigenvalue weighted by molar-refractivity contribution is 5.88. The maximum Gasteiger partial charge on any atom is 0.294 e. The zero-order chi connectivity index (χ0) is 20.4. The van der Waals surface area contributed by atoms with Crippen LogP contribution in [0.1, 0.15) is 27.7 Å². The summed E-state index contributed by atoms with van der Waals surface area (Å²) in [4.78, 5) is 41.1. The minimum absolute atomic E-state index is 0.0337. The van der Waals surface area contributed by atoms with Crippen LogP contribution in [0, 0.1) is 10.1 Å². The van der Waals surface area contributed by atoms with Gasteiger partial charge in [0.1, 0.15) is 11.4 Å². The third-order valence-corrected chi connectivity index (χ3v) is 3.25. The van der Waals surface area contributed by atoms with Crippen LogP contribution in [0.15, 0.2) is 29.3 Å². The van der Waals surface area contributed by atoms with E-state index in [1.165, 1.54) is 27.0 Å². The summed E-state index contributed by atoms with van der Waals surface area (Å²) in [6.07, 6.45) is 0.944. The lowest BCUT2D eigenvalue weighted by atomic mass is 10.0. The number of anilines is 1. The van der Waals surface area contributed by atoms with Gasteiger partial charge in [-0.25, -0.2) is 0 Å². The summed E-state index contributed by atoms with van der Waals surface area (Å²) in [5, 5.41) is 11.8. The van der Waals surface area contributed by atoms with Crippen LogP contribution in [-0.4, -0.2) is 48.0 Å². The number of nitrogens with zero attached hydrogens (tertiary/aromatic N) is 2. The summed E-state index contributed by atoms with van der Waals surface area (Å²) >= 11 is 0. The molecular formula is C17H23N3O7. The quantitative estimate of drug-likeness (QED) is 0.352. The number of Topliss-reactive ketones (excluding diaryl/α,β-unsaturated/α-hetero) is 1. The summed E-state index contributed by atoms with van der Waals surface area (Å²) in [5.41, 5.74) is -0.602. The minimum atomic E-state index is -1.26. The molecule has 0 saturated carbocycles. The Morgan fingerprint density at radius 1 is 1.33 bits per heavy atom. The standard InChI is InChI=1S/C17H23N3O7/c1-12(27-17(3,4)16(22)10-26-20(23)24)9-18-11-25-15-7-5-14(6-8-15)19-13(2)21/h5-9,12H,10-11H2,1-4H3,(H,19,21). The molecule has 10 nitrogen and oxygen atoms in total. The predicted octanol–water partition coefficient (Wildman–Crippen LogP) is 2.01. The average molecular weight is 381 g/mol. The fourth-order valence-electron chi connectivity index (χ4n) is 1.99. The number of benzene rings is 1. The Morgan fingerprint density at radius 3 is 2.52 bits per heavy atom. The van der Waals surface area contributed by atoms with E-state index in [1.807, 2.05) is 0 Å². The molecule has 148 valence electrons. The number of ketones is 1. The predicted molar refractivity (Wildman–Crippen MR) is 97.3 cm³/mol. The largest absolute Gasteiger partial charge is 0.471 e. The SMILES string of the molecule is CC(=O)Nc1ccc(OCN=CC(C)OC(C)(C)C(=O)CO[N+](=O)[O-])cc1. The van der Waals surface area contributed by atoms with Crippen LogP contribution in [0.4, 0.5) is 5.69 Å².